The van der Waals surface area contributed by atoms with Crippen molar-refractivity contribution in [3.8, 4) is 23.0 Å². The molecule has 0 aliphatic heterocycles. The van der Waals surface area contributed by atoms with Gasteiger partial charge in [0.1, 0.15) is 5.75 Å². The third-order valence-corrected chi connectivity index (χ3v) is 4.77. The zero-order valence-electron chi connectivity index (χ0n) is 16.5. The Morgan fingerprint density at radius 2 is 1.54 bits per heavy atom. The maximum atomic E-state index is 10.1. The molecule has 0 spiro atoms. The molecule has 3 rings (SSSR count). The summed E-state index contributed by atoms with van der Waals surface area (Å²) in [6.07, 6.45) is 1.22. The van der Waals surface area contributed by atoms with Crippen molar-refractivity contribution in [2.24, 2.45) is 7.05 Å². The van der Waals surface area contributed by atoms with Gasteiger partial charge in [-0.05, 0) is 35.4 Å². The third-order valence-electron chi connectivity index (χ3n) is 4.77. The van der Waals surface area contributed by atoms with Crippen LogP contribution in [0.5, 0.6) is 23.0 Å². The Morgan fingerprint density at radius 3 is 2.07 bits per heavy atom. The predicted octanol–water partition coefficient (Wildman–Crippen LogP) is 2.92. The molecule has 7 nitrogen and oxygen atoms in total. The summed E-state index contributed by atoms with van der Waals surface area (Å²) in [5.41, 5.74) is 10.00. The number of anilines is 1. The standard InChI is InChI=1S/C21H25N3O4/c1-24-17(10-13-5-7-15(26-2)8-6-13)16(23-21(24)22)9-14-11-18(27-3)20(25)19(12-14)28-4/h5-8,11-12,25H,9-10H2,1-4H3,(H2,22,23). The Hall–Kier alpha value is -3.35. The zero-order chi connectivity index (χ0) is 20.3. The van der Waals surface area contributed by atoms with Crippen molar-refractivity contribution in [3.63, 3.8) is 0 Å². The molecule has 1 heterocycles. The van der Waals surface area contributed by atoms with E-state index in [0.29, 0.717) is 30.3 Å². The van der Waals surface area contributed by atoms with Crippen molar-refractivity contribution in [1.82, 2.24) is 9.55 Å². The Kier molecular flexibility index (Phi) is 5.63. The molecule has 1 aromatic heterocycles. The summed E-state index contributed by atoms with van der Waals surface area (Å²) in [5.74, 6) is 1.96. The molecule has 0 aliphatic carbocycles. The van der Waals surface area contributed by atoms with Gasteiger partial charge >= 0.3 is 0 Å². The first-order chi connectivity index (χ1) is 13.5. The SMILES string of the molecule is COc1ccc(Cc2c(Cc3cc(OC)c(O)c(OC)c3)nc(N)n2C)cc1. The number of hydrogen-bond acceptors (Lipinski definition) is 6. The van der Waals surface area contributed by atoms with Crippen LogP contribution in [-0.4, -0.2) is 36.0 Å². The fourth-order valence-electron chi connectivity index (χ4n) is 3.15. The average Bonchev–Trinajstić information content (AvgIpc) is 2.97. The number of nitrogen functional groups attached to an aromatic ring is 1. The molecular weight excluding hydrogens is 358 g/mol. The number of ether oxygens (including phenoxy) is 3. The van der Waals surface area contributed by atoms with E-state index in [-0.39, 0.29) is 5.75 Å². The van der Waals surface area contributed by atoms with E-state index in [4.69, 9.17) is 19.9 Å². The van der Waals surface area contributed by atoms with Crippen LogP contribution < -0.4 is 19.9 Å². The molecule has 0 bridgehead atoms. The highest BCUT2D eigenvalue weighted by molar-refractivity contribution is 5.53. The van der Waals surface area contributed by atoms with Gasteiger partial charge in [0.2, 0.25) is 5.75 Å². The summed E-state index contributed by atoms with van der Waals surface area (Å²) >= 11 is 0. The van der Waals surface area contributed by atoms with E-state index >= 15 is 0 Å². The summed E-state index contributed by atoms with van der Waals surface area (Å²) in [7, 11) is 6.57. The Labute approximate surface area is 164 Å². The van der Waals surface area contributed by atoms with Gasteiger partial charge in [0.25, 0.3) is 0 Å². The smallest absolute Gasteiger partial charge is 0.200 e. The molecule has 0 radical (unpaired) electrons. The second-order valence-electron chi connectivity index (χ2n) is 6.47. The minimum atomic E-state index is -0.0206. The van der Waals surface area contributed by atoms with Crippen molar-refractivity contribution in [2.75, 3.05) is 27.1 Å². The highest BCUT2D eigenvalue weighted by Gasteiger charge is 2.17. The molecule has 3 aromatic rings. The van der Waals surface area contributed by atoms with E-state index in [1.807, 2.05) is 35.9 Å². The van der Waals surface area contributed by atoms with E-state index in [2.05, 4.69) is 4.98 Å². The van der Waals surface area contributed by atoms with Crippen LogP contribution in [0.4, 0.5) is 5.95 Å². The minimum absolute atomic E-state index is 0.0206. The number of aromatic nitrogens is 2. The lowest BCUT2D eigenvalue weighted by Crippen LogP contribution is -2.04. The van der Waals surface area contributed by atoms with Gasteiger partial charge < -0.3 is 29.6 Å². The van der Waals surface area contributed by atoms with Crippen LogP contribution in [0.25, 0.3) is 0 Å². The largest absolute Gasteiger partial charge is 0.502 e. The van der Waals surface area contributed by atoms with E-state index in [1.165, 1.54) is 14.2 Å². The molecule has 148 valence electrons. The first-order valence-corrected chi connectivity index (χ1v) is 8.83. The van der Waals surface area contributed by atoms with Crippen molar-refractivity contribution >= 4 is 5.95 Å². The maximum Gasteiger partial charge on any atom is 0.200 e. The minimum Gasteiger partial charge on any atom is -0.502 e. The number of hydrogen-bond donors (Lipinski definition) is 2. The average molecular weight is 383 g/mol. The predicted molar refractivity (Wildman–Crippen MR) is 107 cm³/mol. The molecule has 0 unspecified atom stereocenters. The van der Waals surface area contributed by atoms with E-state index in [1.54, 1.807) is 19.2 Å². The van der Waals surface area contributed by atoms with Gasteiger partial charge in [0, 0.05) is 25.6 Å². The Bertz CT molecular complexity index is 940. The molecule has 0 amide bonds. The second kappa shape index (κ2) is 8.12. The summed E-state index contributed by atoms with van der Waals surface area (Å²) in [6, 6.07) is 11.5. The molecule has 7 heteroatoms. The van der Waals surface area contributed by atoms with Crippen LogP contribution in [0.3, 0.4) is 0 Å². The van der Waals surface area contributed by atoms with E-state index in [0.717, 1.165) is 28.3 Å². The number of phenols is 1. The maximum absolute atomic E-state index is 10.1. The molecule has 0 atom stereocenters. The van der Waals surface area contributed by atoms with Crippen LogP contribution in [0.15, 0.2) is 36.4 Å². The quantitative estimate of drug-likeness (QED) is 0.652. The summed E-state index contributed by atoms with van der Waals surface area (Å²) in [5, 5.41) is 10.1. The number of rotatable bonds is 7. The normalized spacial score (nSPS) is 10.7. The number of methoxy groups -OCH3 is 3. The van der Waals surface area contributed by atoms with E-state index < -0.39 is 0 Å². The molecule has 2 aromatic carbocycles. The van der Waals surface area contributed by atoms with Gasteiger partial charge in [-0.3, -0.25) is 0 Å². The molecular formula is C21H25N3O4. The monoisotopic (exact) mass is 383 g/mol. The highest BCUT2D eigenvalue weighted by atomic mass is 16.5. The Balaban J connectivity index is 1.94. The molecule has 0 aliphatic rings. The number of phenolic OH excluding ortho intramolecular Hbond substituents is 1. The van der Waals surface area contributed by atoms with Crippen molar-refractivity contribution in [1.29, 1.82) is 0 Å². The Morgan fingerprint density at radius 1 is 0.929 bits per heavy atom. The van der Waals surface area contributed by atoms with Gasteiger partial charge in [-0.15, -0.1) is 0 Å². The van der Waals surface area contributed by atoms with Gasteiger partial charge in [-0.1, -0.05) is 12.1 Å². The van der Waals surface area contributed by atoms with Crippen LogP contribution in [0.1, 0.15) is 22.5 Å². The molecule has 0 saturated carbocycles. The van der Waals surface area contributed by atoms with Crippen molar-refractivity contribution in [2.45, 2.75) is 12.8 Å². The lowest BCUT2D eigenvalue weighted by molar-refractivity contribution is 0.339. The lowest BCUT2D eigenvalue weighted by atomic mass is 10.0. The van der Waals surface area contributed by atoms with Gasteiger partial charge in [0.05, 0.1) is 27.0 Å². The third kappa shape index (κ3) is 3.83. The lowest BCUT2D eigenvalue weighted by Gasteiger charge is -2.12. The summed E-state index contributed by atoms with van der Waals surface area (Å²) < 4.78 is 17.6. The van der Waals surface area contributed by atoms with Crippen LogP contribution >= 0.6 is 0 Å². The van der Waals surface area contributed by atoms with Gasteiger partial charge in [0.15, 0.2) is 17.4 Å². The van der Waals surface area contributed by atoms with Crippen LogP contribution in [-0.2, 0) is 19.9 Å². The fraction of sp³-hybridized carbons (Fsp3) is 0.286. The first kappa shape index (κ1) is 19.4. The van der Waals surface area contributed by atoms with Crippen molar-refractivity contribution < 1.29 is 19.3 Å². The summed E-state index contributed by atoms with van der Waals surface area (Å²) in [6.45, 7) is 0. The van der Waals surface area contributed by atoms with Gasteiger partial charge in [-0.25, -0.2) is 4.98 Å². The molecule has 28 heavy (non-hydrogen) atoms. The zero-order valence-corrected chi connectivity index (χ0v) is 16.5. The first-order valence-electron chi connectivity index (χ1n) is 8.83. The highest BCUT2D eigenvalue weighted by Crippen LogP contribution is 2.37. The number of nitrogens with two attached hydrogens (primary N) is 1. The topological polar surface area (TPSA) is 91.8 Å². The van der Waals surface area contributed by atoms with Gasteiger partial charge in [-0.2, -0.15) is 0 Å². The van der Waals surface area contributed by atoms with Crippen LogP contribution in [0, 0.1) is 0 Å². The second-order valence-corrected chi connectivity index (χ2v) is 6.47. The van der Waals surface area contributed by atoms with Crippen molar-refractivity contribution in [3.05, 3.63) is 58.9 Å². The molecule has 0 fully saturated rings. The molecule has 3 N–H and O–H groups in total. The number of benzene rings is 2. The molecule has 0 saturated heterocycles. The number of imidazole rings is 1. The van der Waals surface area contributed by atoms with E-state index in [9.17, 15) is 5.11 Å². The van der Waals surface area contributed by atoms with Crippen LogP contribution in [0.2, 0.25) is 0 Å². The summed E-state index contributed by atoms with van der Waals surface area (Å²) in [4.78, 5) is 4.54. The fourth-order valence-corrected chi connectivity index (χ4v) is 3.15. The number of aromatic hydroxyl groups is 1. The number of nitrogens with zero attached hydrogens (tertiary/aromatic N) is 2.